The first-order valence-electron chi connectivity index (χ1n) is 5.54. The number of hydrogen-bond acceptors (Lipinski definition) is 2. The van der Waals surface area contributed by atoms with Crippen LogP contribution in [0.15, 0.2) is 18.2 Å². The number of benzene rings is 1. The lowest BCUT2D eigenvalue weighted by atomic mass is 10.0. The molecule has 1 aromatic rings. The maximum Gasteiger partial charge on any atom is 0.120 e. The van der Waals surface area contributed by atoms with Gasteiger partial charge in [-0.1, -0.05) is 23.2 Å². The van der Waals surface area contributed by atoms with Gasteiger partial charge in [-0.2, -0.15) is 0 Å². The van der Waals surface area contributed by atoms with Crippen LogP contribution in [0.25, 0.3) is 0 Å². The second-order valence-electron chi connectivity index (χ2n) is 4.10. The van der Waals surface area contributed by atoms with E-state index < -0.39 is 0 Å². The van der Waals surface area contributed by atoms with Crippen LogP contribution in [0.4, 0.5) is 0 Å². The van der Waals surface area contributed by atoms with Crippen LogP contribution in [-0.4, -0.2) is 19.7 Å². The van der Waals surface area contributed by atoms with Gasteiger partial charge in [0.15, 0.2) is 0 Å². The second kappa shape index (κ2) is 5.76. The highest BCUT2D eigenvalue weighted by molar-refractivity contribution is 6.42. The van der Waals surface area contributed by atoms with Gasteiger partial charge < -0.3 is 10.1 Å². The van der Waals surface area contributed by atoms with E-state index in [-0.39, 0.29) is 0 Å². The molecule has 0 bridgehead atoms. The molecule has 1 aliphatic heterocycles. The van der Waals surface area contributed by atoms with Gasteiger partial charge in [0.1, 0.15) is 5.75 Å². The van der Waals surface area contributed by atoms with Crippen molar-refractivity contribution >= 4 is 23.2 Å². The summed E-state index contributed by atoms with van der Waals surface area (Å²) in [4.78, 5) is 0. The minimum Gasteiger partial charge on any atom is -0.493 e. The van der Waals surface area contributed by atoms with Gasteiger partial charge in [-0.25, -0.2) is 0 Å². The first kappa shape index (κ1) is 12.0. The van der Waals surface area contributed by atoms with Crippen molar-refractivity contribution in [1.82, 2.24) is 5.32 Å². The van der Waals surface area contributed by atoms with Crippen LogP contribution in [0.1, 0.15) is 12.8 Å². The van der Waals surface area contributed by atoms with Gasteiger partial charge in [0, 0.05) is 18.5 Å². The molecular formula is C12H15Cl2NO. The summed E-state index contributed by atoms with van der Waals surface area (Å²) in [6.45, 7) is 2.91. The SMILES string of the molecule is Clc1ccc(OC[C@H]2CCCNC2)cc1Cl. The predicted molar refractivity (Wildman–Crippen MR) is 67.6 cm³/mol. The molecule has 2 rings (SSSR count). The van der Waals surface area contributed by atoms with Gasteiger partial charge >= 0.3 is 0 Å². The molecule has 16 heavy (non-hydrogen) atoms. The molecule has 0 saturated carbocycles. The average Bonchev–Trinajstić information content (AvgIpc) is 2.32. The Kier molecular flexibility index (Phi) is 4.33. The van der Waals surface area contributed by atoms with Gasteiger partial charge in [0.25, 0.3) is 0 Å². The van der Waals surface area contributed by atoms with E-state index in [4.69, 9.17) is 27.9 Å². The second-order valence-corrected chi connectivity index (χ2v) is 4.91. The van der Waals surface area contributed by atoms with E-state index in [1.807, 2.05) is 6.07 Å². The minimum atomic E-state index is 0.543. The summed E-state index contributed by atoms with van der Waals surface area (Å²) in [5.74, 6) is 1.39. The van der Waals surface area contributed by atoms with Crippen molar-refractivity contribution in [2.75, 3.05) is 19.7 Å². The van der Waals surface area contributed by atoms with E-state index in [0.29, 0.717) is 16.0 Å². The quantitative estimate of drug-likeness (QED) is 0.899. The molecule has 1 saturated heterocycles. The number of piperidine rings is 1. The van der Waals surface area contributed by atoms with E-state index in [1.165, 1.54) is 12.8 Å². The molecule has 4 heteroatoms. The van der Waals surface area contributed by atoms with Crippen molar-refractivity contribution in [3.63, 3.8) is 0 Å². The van der Waals surface area contributed by atoms with E-state index >= 15 is 0 Å². The Labute approximate surface area is 106 Å². The lowest BCUT2D eigenvalue weighted by molar-refractivity contribution is 0.218. The zero-order valence-electron chi connectivity index (χ0n) is 9.01. The Balaban J connectivity index is 1.86. The molecule has 2 nitrogen and oxygen atoms in total. The molecular weight excluding hydrogens is 245 g/mol. The monoisotopic (exact) mass is 259 g/mol. The first-order valence-corrected chi connectivity index (χ1v) is 6.30. The maximum atomic E-state index is 5.91. The molecule has 0 aliphatic carbocycles. The third kappa shape index (κ3) is 3.27. The molecule has 1 aromatic carbocycles. The van der Waals surface area contributed by atoms with Crippen LogP contribution < -0.4 is 10.1 Å². The summed E-state index contributed by atoms with van der Waals surface area (Å²) >= 11 is 11.7. The van der Waals surface area contributed by atoms with E-state index in [9.17, 15) is 0 Å². The highest BCUT2D eigenvalue weighted by Crippen LogP contribution is 2.26. The highest BCUT2D eigenvalue weighted by Gasteiger charge is 2.13. The number of rotatable bonds is 3. The molecule has 0 unspecified atom stereocenters. The van der Waals surface area contributed by atoms with Gasteiger partial charge in [-0.15, -0.1) is 0 Å². The number of nitrogens with one attached hydrogen (secondary N) is 1. The summed E-state index contributed by atoms with van der Waals surface area (Å²) in [5, 5.41) is 4.47. The molecule has 1 heterocycles. The summed E-state index contributed by atoms with van der Waals surface area (Å²) in [5.41, 5.74) is 0. The Morgan fingerprint density at radius 3 is 2.88 bits per heavy atom. The number of halogens is 2. The fourth-order valence-corrected chi connectivity index (χ4v) is 2.14. The van der Waals surface area contributed by atoms with Crippen molar-refractivity contribution in [2.24, 2.45) is 5.92 Å². The molecule has 0 radical (unpaired) electrons. The first-order chi connectivity index (χ1) is 7.75. The van der Waals surface area contributed by atoms with E-state index in [0.717, 1.165) is 25.4 Å². The Morgan fingerprint density at radius 1 is 1.31 bits per heavy atom. The number of ether oxygens (including phenoxy) is 1. The summed E-state index contributed by atoms with van der Waals surface area (Å²) < 4.78 is 5.70. The third-order valence-corrected chi connectivity index (χ3v) is 3.51. The molecule has 0 aromatic heterocycles. The zero-order valence-corrected chi connectivity index (χ0v) is 10.5. The summed E-state index contributed by atoms with van der Waals surface area (Å²) in [7, 11) is 0. The molecule has 1 aliphatic rings. The maximum absolute atomic E-state index is 5.91. The average molecular weight is 260 g/mol. The molecule has 0 amide bonds. The van der Waals surface area contributed by atoms with Crippen LogP contribution in [0.2, 0.25) is 10.0 Å². The van der Waals surface area contributed by atoms with Crippen molar-refractivity contribution in [3.05, 3.63) is 28.2 Å². The zero-order chi connectivity index (χ0) is 11.4. The standard InChI is InChI=1S/C12H15Cl2NO/c13-11-4-3-10(6-12(11)14)16-8-9-2-1-5-15-7-9/h3-4,6,9,15H,1-2,5,7-8H2/t9-/m0/s1. The fraction of sp³-hybridized carbons (Fsp3) is 0.500. The number of hydrogen-bond donors (Lipinski definition) is 1. The summed E-state index contributed by atoms with van der Waals surface area (Å²) in [6.07, 6.45) is 2.46. The van der Waals surface area contributed by atoms with Crippen molar-refractivity contribution in [2.45, 2.75) is 12.8 Å². The van der Waals surface area contributed by atoms with Crippen molar-refractivity contribution in [3.8, 4) is 5.75 Å². The summed E-state index contributed by atoms with van der Waals surface area (Å²) in [6, 6.07) is 5.38. The molecule has 1 atom stereocenters. The van der Waals surface area contributed by atoms with Gasteiger partial charge in [-0.3, -0.25) is 0 Å². The van der Waals surface area contributed by atoms with Crippen LogP contribution >= 0.6 is 23.2 Å². The van der Waals surface area contributed by atoms with Gasteiger partial charge in [0.2, 0.25) is 0 Å². The fourth-order valence-electron chi connectivity index (χ4n) is 1.85. The van der Waals surface area contributed by atoms with E-state index in [1.54, 1.807) is 12.1 Å². The topological polar surface area (TPSA) is 21.3 Å². The van der Waals surface area contributed by atoms with Crippen molar-refractivity contribution in [1.29, 1.82) is 0 Å². The predicted octanol–water partition coefficient (Wildman–Crippen LogP) is 3.37. The Morgan fingerprint density at radius 2 is 2.19 bits per heavy atom. The Hall–Kier alpha value is -0.440. The van der Waals surface area contributed by atoms with Crippen LogP contribution in [0.3, 0.4) is 0 Å². The molecule has 0 spiro atoms. The normalized spacial score (nSPS) is 20.8. The van der Waals surface area contributed by atoms with Crippen molar-refractivity contribution < 1.29 is 4.74 Å². The van der Waals surface area contributed by atoms with E-state index in [2.05, 4.69) is 5.32 Å². The smallest absolute Gasteiger partial charge is 0.120 e. The van der Waals surface area contributed by atoms with Crippen LogP contribution in [0, 0.1) is 5.92 Å². The van der Waals surface area contributed by atoms with Crippen LogP contribution in [0.5, 0.6) is 5.75 Å². The molecule has 1 N–H and O–H groups in total. The molecule has 1 fully saturated rings. The lowest BCUT2D eigenvalue weighted by Crippen LogP contribution is -2.33. The lowest BCUT2D eigenvalue weighted by Gasteiger charge is -2.22. The minimum absolute atomic E-state index is 0.543. The third-order valence-electron chi connectivity index (χ3n) is 2.78. The van der Waals surface area contributed by atoms with Crippen LogP contribution in [-0.2, 0) is 0 Å². The van der Waals surface area contributed by atoms with Gasteiger partial charge in [-0.05, 0) is 31.5 Å². The largest absolute Gasteiger partial charge is 0.493 e. The molecule has 88 valence electrons. The Bertz CT molecular complexity index is 351. The highest BCUT2D eigenvalue weighted by atomic mass is 35.5. The van der Waals surface area contributed by atoms with Gasteiger partial charge in [0.05, 0.1) is 16.7 Å².